The number of halogens is 2. The molecule has 1 saturated carbocycles. The predicted molar refractivity (Wildman–Crippen MR) is 113 cm³/mol. The van der Waals surface area contributed by atoms with Crippen molar-refractivity contribution >= 4 is 15.8 Å². The molecule has 0 aliphatic heterocycles. The molecule has 8 nitrogen and oxygen atoms in total. The maximum absolute atomic E-state index is 14.8. The van der Waals surface area contributed by atoms with Gasteiger partial charge in [-0.15, -0.1) is 0 Å². The van der Waals surface area contributed by atoms with Crippen LogP contribution in [0.3, 0.4) is 0 Å². The van der Waals surface area contributed by atoms with Crippen molar-refractivity contribution in [2.24, 2.45) is 0 Å². The fourth-order valence-electron chi connectivity index (χ4n) is 4.07. The first-order chi connectivity index (χ1) is 15.4. The van der Waals surface area contributed by atoms with Crippen molar-refractivity contribution in [1.29, 1.82) is 0 Å². The van der Waals surface area contributed by atoms with Crippen LogP contribution in [0.25, 0.3) is 0 Å². The molecule has 0 spiro atoms. The first-order valence-corrected chi connectivity index (χ1v) is 11.8. The van der Waals surface area contributed by atoms with E-state index in [1.807, 2.05) is 22.4 Å². The van der Waals surface area contributed by atoms with Crippen molar-refractivity contribution in [2.75, 3.05) is 4.72 Å². The molecule has 0 saturated heterocycles. The summed E-state index contributed by atoms with van der Waals surface area (Å²) in [5.41, 5.74) is 1.02. The number of nitrogens with one attached hydrogen (secondary N) is 1. The highest BCUT2D eigenvalue weighted by molar-refractivity contribution is 7.92. The van der Waals surface area contributed by atoms with Gasteiger partial charge in [0.05, 0.1) is 0 Å². The van der Waals surface area contributed by atoms with Crippen molar-refractivity contribution in [3.8, 4) is 5.75 Å². The van der Waals surface area contributed by atoms with E-state index in [1.165, 1.54) is 12.3 Å². The SMILES string of the molecule is CCn1nccc1[C@H]1CCCC[C@@H]1Oc1cc(F)c(S(=O)(=O)Nc2ccncn2)c(F)c1. The summed E-state index contributed by atoms with van der Waals surface area (Å²) >= 11 is 0. The van der Waals surface area contributed by atoms with Crippen LogP contribution in [0.1, 0.15) is 44.2 Å². The summed E-state index contributed by atoms with van der Waals surface area (Å²) in [6.45, 7) is 2.70. The van der Waals surface area contributed by atoms with Crippen LogP contribution in [0.5, 0.6) is 5.75 Å². The van der Waals surface area contributed by atoms with Crippen LogP contribution in [0.2, 0.25) is 0 Å². The third-order valence-corrected chi connectivity index (χ3v) is 6.89. The van der Waals surface area contributed by atoms with E-state index >= 15 is 0 Å². The molecule has 1 aliphatic rings. The molecule has 170 valence electrons. The van der Waals surface area contributed by atoms with Crippen LogP contribution in [0, 0.1) is 11.6 Å². The van der Waals surface area contributed by atoms with Crippen LogP contribution in [0.15, 0.2) is 47.9 Å². The fraction of sp³-hybridized carbons (Fsp3) is 0.381. The summed E-state index contributed by atoms with van der Waals surface area (Å²) in [5, 5.41) is 4.31. The number of sulfonamides is 1. The van der Waals surface area contributed by atoms with Crippen LogP contribution < -0.4 is 9.46 Å². The highest BCUT2D eigenvalue weighted by atomic mass is 32.2. The first kappa shape index (κ1) is 22.1. The highest BCUT2D eigenvalue weighted by Crippen LogP contribution is 2.36. The molecule has 1 aromatic carbocycles. The Hall–Kier alpha value is -3.08. The molecule has 2 aromatic heterocycles. The third-order valence-electron chi connectivity index (χ3n) is 5.48. The Morgan fingerprint density at radius 2 is 1.91 bits per heavy atom. The van der Waals surface area contributed by atoms with Crippen LogP contribution in [-0.4, -0.2) is 34.3 Å². The van der Waals surface area contributed by atoms with Gasteiger partial charge in [0.15, 0.2) is 4.90 Å². The minimum Gasteiger partial charge on any atom is -0.490 e. The summed E-state index contributed by atoms with van der Waals surface area (Å²) in [6.07, 6.45) is 7.40. The lowest BCUT2D eigenvalue weighted by Gasteiger charge is -2.32. The largest absolute Gasteiger partial charge is 0.490 e. The second-order valence-corrected chi connectivity index (χ2v) is 9.15. The normalized spacial score (nSPS) is 19.0. The van der Waals surface area contributed by atoms with Gasteiger partial charge in [0.2, 0.25) is 0 Å². The van der Waals surface area contributed by atoms with E-state index in [-0.39, 0.29) is 23.6 Å². The number of aromatic nitrogens is 4. The molecule has 1 fully saturated rings. The summed E-state index contributed by atoms with van der Waals surface area (Å²) in [7, 11) is -4.54. The molecule has 4 rings (SSSR count). The van der Waals surface area contributed by atoms with Crippen LogP contribution in [-0.2, 0) is 16.6 Å². The number of anilines is 1. The van der Waals surface area contributed by atoms with Crippen molar-refractivity contribution in [3.63, 3.8) is 0 Å². The summed E-state index contributed by atoms with van der Waals surface area (Å²) < 4.78 is 64.5. The Morgan fingerprint density at radius 3 is 2.59 bits per heavy atom. The fourth-order valence-corrected chi connectivity index (χ4v) is 5.20. The van der Waals surface area contributed by atoms with Gasteiger partial charge >= 0.3 is 0 Å². The van der Waals surface area contributed by atoms with Gasteiger partial charge in [-0.3, -0.25) is 9.40 Å². The Balaban J connectivity index is 1.59. The zero-order chi connectivity index (χ0) is 22.7. The minimum absolute atomic E-state index is 0.0279. The van der Waals surface area contributed by atoms with Crippen LogP contribution in [0.4, 0.5) is 14.6 Å². The maximum Gasteiger partial charge on any atom is 0.268 e. The number of nitrogens with zero attached hydrogens (tertiary/aromatic N) is 4. The van der Waals surface area contributed by atoms with E-state index in [2.05, 4.69) is 15.1 Å². The number of ether oxygens (including phenoxy) is 1. The standard InChI is InChI=1S/C21H23F2N5O3S/c1-2-28-18(7-10-26-28)15-5-3-4-6-19(15)31-14-11-16(22)21(17(23)12-14)32(29,30)27-20-8-9-24-13-25-20/h7-13,15,19H,2-6H2,1H3,(H,24,25,27)/t15-,19+/m1/s1. The summed E-state index contributed by atoms with van der Waals surface area (Å²) in [4.78, 5) is 6.29. The second-order valence-electron chi connectivity index (χ2n) is 7.54. The molecule has 2 heterocycles. The number of benzene rings is 1. The minimum atomic E-state index is -4.54. The van der Waals surface area contributed by atoms with E-state index < -0.39 is 26.6 Å². The molecule has 1 aliphatic carbocycles. The molecule has 2 atom stereocenters. The van der Waals surface area contributed by atoms with E-state index in [4.69, 9.17) is 4.74 Å². The lowest BCUT2D eigenvalue weighted by molar-refractivity contribution is 0.125. The van der Waals surface area contributed by atoms with E-state index in [0.29, 0.717) is 6.54 Å². The highest BCUT2D eigenvalue weighted by Gasteiger charge is 2.32. The smallest absolute Gasteiger partial charge is 0.268 e. The van der Waals surface area contributed by atoms with Gasteiger partial charge in [-0.25, -0.2) is 27.2 Å². The van der Waals surface area contributed by atoms with E-state index in [0.717, 1.165) is 49.8 Å². The lowest BCUT2D eigenvalue weighted by Crippen LogP contribution is -2.30. The Bertz CT molecular complexity index is 1160. The van der Waals surface area contributed by atoms with Gasteiger partial charge in [-0.1, -0.05) is 6.42 Å². The topological polar surface area (TPSA) is 99.0 Å². The monoisotopic (exact) mass is 463 g/mol. The molecule has 0 unspecified atom stereocenters. The predicted octanol–water partition coefficient (Wildman–Crippen LogP) is 3.88. The van der Waals surface area contributed by atoms with E-state index in [9.17, 15) is 17.2 Å². The molecule has 32 heavy (non-hydrogen) atoms. The molecule has 0 bridgehead atoms. The van der Waals surface area contributed by atoms with Gasteiger partial charge < -0.3 is 4.74 Å². The average Bonchev–Trinajstić information content (AvgIpc) is 3.22. The lowest BCUT2D eigenvalue weighted by atomic mass is 9.84. The summed E-state index contributed by atoms with van der Waals surface area (Å²) in [5.74, 6) is -2.61. The van der Waals surface area contributed by atoms with Gasteiger partial charge in [-0.05, 0) is 38.3 Å². The molecule has 0 amide bonds. The first-order valence-electron chi connectivity index (χ1n) is 10.3. The number of aryl methyl sites for hydroxylation is 1. The molecular formula is C21H23F2N5O3S. The zero-order valence-electron chi connectivity index (χ0n) is 17.4. The van der Waals surface area contributed by atoms with Crippen molar-refractivity contribution in [2.45, 2.75) is 56.1 Å². The van der Waals surface area contributed by atoms with Gasteiger partial charge in [0.25, 0.3) is 10.0 Å². The number of hydrogen-bond donors (Lipinski definition) is 1. The van der Waals surface area contributed by atoms with Crippen molar-refractivity contribution in [1.82, 2.24) is 19.7 Å². The number of hydrogen-bond acceptors (Lipinski definition) is 6. The second kappa shape index (κ2) is 9.19. The zero-order valence-corrected chi connectivity index (χ0v) is 18.2. The third kappa shape index (κ3) is 4.57. The Labute approximate surface area is 184 Å². The van der Waals surface area contributed by atoms with Crippen molar-refractivity contribution < 1.29 is 21.9 Å². The molecule has 1 N–H and O–H groups in total. The van der Waals surface area contributed by atoms with E-state index in [1.54, 1.807) is 6.20 Å². The Kier molecular flexibility index (Phi) is 6.35. The quantitative estimate of drug-likeness (QED) is 0.571. The Morgan fingerprint density at radius 1 is 1.16 bits per heavy atom. The molecule has 3 aromatic rings. The molecule has 0 radical (unpaired) electrons. The van der Waals surface area contributed by atoms with Crippen LogP contribution >= 0.6 is 0 Å². The average molecular weight is 464 g/mol. The van der Waals surface area contributed by atoms with Gasteiger partial charge in [0.1, 0.15) is 35.6 Å². The molecule has 11 heteroatoms. The maximum atomic E-state index is 14.8. The number of rotatable bonds is 7. The molecular weight excluding hydrogens is 440 g/mol. The van der Waals surface area contributed by atoms with Gasteiger partial charge in [0, 0.05) is 42.7 Å². The van der Waals surface area contributed by atoms with Crippen molar-refractivity contribution in [3.05, 3.63) is 60.3 Å². The van der Waals surface area contributed by atoms with Gasteiger partial charge in [-0.2, -0.15) is 5.10 Å². The summed E-state index contributed by atoms with van der Waals surface area (Å²) in [6, 6.07) is 5.02.